The topological polar surface area (TPSA) is 98.3 Å². The van der Waals surface area contributed by atoms with Gasteiger partial charge in [0, 0.05) is 11.8 Å². The van der Waals surface area contributed by atoms with Crippen molar-refractivity contribution in [2.24, 2.45) is 0 Å². The van der Waals surface area contributed by atoms with Crippen LogP contribution in [0.4, 0.5) is 5.82 Å². The molecule has 1 amide bonds. The predicted molar refractivity (Wildman–Crippen MR) is 71.9 cm³/mol. The van der Waals surface area contributed by atoms with E-state index in [0.29, 0.717) is 5.56 Å². The van der Waals surface area contributed by atoms with E-state index >= 15 is 0 Å². The standard InChI is InChI=1S/C12H11N3O4S/c1-20(17,18)19-12-13-8-7-10(15-12)14-11(16)9-5-3-2-4-6-9/h2-8H,1H3,(H,13,14,15,16). The summed E-state index contributed by atoms with van der Waals surface area (Å²) in [4.78, 5) is 19.3. The minimum absolute atomic E-state index is 0.146. The maximum atomic E-state index is 11.9. The number of nitrogens with one attached hydrogen (secondary N) is 1. The fourth-order valence-corrected chi connectivity index (χ4v) is 1.72. The Bertz CT molecular complexity index is 716. The number of hydrogen-bond donors (Lipinski definition) is 1. The molecule has 8 heteroatoms. The van der Waals surface area contributed by atoms with Gasteiger partial charge in [0.1, 0.15) is 5.82 Å². The summed E-state index contributed by atoms with van der Waals surface area (Å²) in [6.45, 7) is 0. The van der Waals surface area contributed by atoms with Crippen molar-refractivity contribution in [1.82, 2.24) is 9.97 Å². The van der Waals surface area contributed by atoms with E-state index in [1.807, 2.05) is 0 Å². The second kappa shape index (κ2) is 5.66. The van der Waals surface area contributed by atoms with Gasteiger partial charge in [0.25, 0.3) is 5.91 Å². The number of benzene rings is 1. The highest BCUT2D eigenvalue weighted by molar-refractivity contribution is 7.86. The quantitative estimate of drug-likeness (QED) is 0.847. The molecule has 0 radical (unpaired) electrons. The van der Waals surface area contributed by atoms with E-state index in [9.17, 15) is 13.2 Å². The molecule has 0 aliphatic carbocycles. The zero-order chi connectivity index (χ0) is 14.6. The first-order valence-electron chi connectivity index (χ1n) is 5.53. The van der Waals surface area contributed by atoms with Gasteiger partial charge < -0.3 is 9.50 Å². The van der Waals surface area contributed by atoms with Crippen LogP contribution in [0, 0.1) is 0 Å². The lowest BCUT2D eigenvalue weighted by Gasteiger charge is -2.05. The SMILES string of the molecule is CS(=O)(=O)Oc1nccc(NC(=O)c2ccccc2)n1. The highest BCUT2D eigenvalue weighted by Crippen LogP contribution is 2.11. The molecule has 20 heavy (non-hydrogen) atoms. The number of rotatable bonds is 4. The van der Waals surface area contributed by atoms with Gasteiger partial charge in [0.05, 0.1) is 6.26 Å². The Morgan fingerprint density at radius 3 is 2.55 bits per heavy atom. The monoisotopic (exact) mass is 293 g/mol. The summed E-state index contributed by atoms with van der Waals surface area (Å²) < 4.78 is 26.5. The molecule has 0 aliphatic heterocycles. The lowest BCUT2D eigenvalue weighted by Crippen LogP contribution is -2.14. The van der Waals surface area contributed by atoms with E-state index in [4.69, 9.17) is 0 Å². The minimum Gasteiger partial charge on any atom is -0.343 e. The van der Waals surface area contributed by atoms with Crippen molar-refractivity contribution in [2.45, 2.75) is 0 Å². The zero-order valence-corrected chi connectivity index (χ0v) is 11.3. The summed E-state index contributed by atoms with van der Waals surface area (Å²) in [5, 5.41) is 2.52. The maximum absolute atomic E-state index is 11.9. The van der Waals surface area contributed by atoms with Gasteiger partial charge in [-0.1, -0.05) is 18.2 Å². The molecule has 0 saturated carbocycles. The largest absolute Gasteiger partial charge is 0.343 e. The van der Waals surface area contributed by atoms with E-state index < -0.39 is 10.1 Å². The Hall–Kier alpha value is -2.48. The van der Waals surface area contributed by atoms with Crippen LogP contribution in [0.1, 0.15) is 10.4 Å². The average Bonchev–Trinajstić information content (AvgIpc) is 2.38. The van der Waals surface area contributed by atoms with Crippen molar-refractivity contribution in [3.05, 3.63) is 48.2 Å². The molecule has 7 nitrogen and oxygen atoms in total. The van der Waals surface area contributed by atoms with Crippen LogP contribution >= 0.6 is 0 Å². The molecule has 1 aromatic carbocycles. The van der Waals surface area contributed by atoms with E-state index in [1.54, 1.807) is 30.3 Å². The molecule has 0 saturated heterocycles. The highest BCUT2D eigenvalue weighted by Gasteiger charge is 2.10. The first-order chi connectivity index (χ1) is 9.44. The Labute approximate surface area is 115 Å². The molecule has 0 bridgehead atoms. The number of carbonyl (C=O) groups is 1. The lowest BCUT2D eigenvalue weighted by molar-refractivity contribution is 0.102. The van der Waals surface area contributed by atoms with Crippen molar-refractivity contribution < 1.29 is 17.4 Å². The number of carbonyl (C=O) groups excluding carboxylic acids is 1. The molecule has 0 atom stereocenters. The molecule has 0 fully saturated rings. The van der Waals surface area contributed by atoms with Gasteiger partial charge in [-0.05, 0) is 18.2 Å². The van der Waals surface area contributed by atoms with E-state index in [1.165, 1.54) is 12.3 Å². The van der Waals surface area contributed by atoms with Gasteiger partial charge in [-0.2, -0.15) is 13.4 Å². The van der Waals surface area contributed by atoms with Crippen LogP contribution in [0.3, 0.4) is 0 Å². The summed E-state index contributed by atoms with van der Waals surface area (Å²) in [6.07, 6.45) is 2.17. The summed E-state index contributed by atoms with van der Waals surface area (Å²) in [6, 6.07) is 9.61. The molecule has 2 aromatic rings. The van der Waals surface area contributed by atoms with Gasteiger partial charge in [-0.15, -0.1) is 0 Å². The number of anilines is 1. The van der Waals surface area contributed by atoms with Crippen molar-refractivity contribution in [1.29, 1.82) is 0 Å². The predicted octanol–water partition coefficient (Wildman–Crippen LogP) is 1.07. The molecule has 0 unspecified atom stereocenters. The molecule has 2 rings (SSSR count). The third-order valence-corrected chi connectivity index (χ3v) is 2.59. The van der Waals surface area contributed by atoms with Crippen molar-refractivity contribution in [3.63, 3.8) is 0 Å². The van der Waals surface area contributed by atoms with Crippen LogP contribution in [-0.2, 0) is 10.1 Å². The van der Waals surface area contributed by atoms with Crippen LogP contribution < -0.4 is 9.50 Å². The smallest absolute Gasteiger partial charge is 0.334 e. The molecule has 104 valence electrons. The molecule has 0 spiro atoms. The average molecular weight is 293 g/mol. The maximum Gasteiger partial charge on any atom is 0.334 e. The van der Waals surface area contributed by atoms with Crippen LogP contribution in [0.15, 0.2) is 42.6 Å². The normalized spacial score (nSPS) is 10.8. The number of aromatic nitrogens is 2. The highest BCUT2D eigenvalue weighted by atomic mass is 32.2. The molecular weight excluding hydrogens is 282 g/mol. The number of hydrogen-bond acceptors (Lipinski definition) is 6. The Morgan fingerprint density at radius 1 is 1.20 bits per heavy atom. The van der Waals surface area contributed by atoms with Crippen molar-refractivity contribution in [3.8, 4) is 6.01 Å². The second-order valence-electron chi connectivity index (χ2n) is 3.83. The molecule has 1 N–H and O–H groups in total. The first kappa shape index (κ1) is 13.9. The number of nitrogens with zero attached hydrogens (tertiary/aromatic N) is 2. The fourth-order valence-electron chi connectivity index (χ4n) is 1.36. The fraction of sp³-hybridized carbons (Fsp3) is 0.0833. The number of amides is 1. The third-order valence-electron chi connectivity index (χ3n) is 2.14. The molecular formula is C12H11N3O4S. The van der Waals surface area contributed by atoms with E-state index in [-0.39, 0.29) is 17.7 Å². The van der Waals surface area contributed by atoms with Gasteiger partial charge in [-0.3, -0.25) is 4.79 Å². The van der Waals surface area contributed by atoms with Gasteiger partial charge in [0.2, 0.25) is 0 Å². The Balaban J connectivity index is 2.14. The van der Waals surface area contributed by atoms with Crippen LogP contribution in [0.5, 0.6) is 6.01 Å². The zero-order valence-electron chi connectivity index (χ0n) is 10.5. The molecule has 0 aliphatic rings. The van der Waals surface area contributed by atoms with Crippen molar-refractivity contribution in [2.75, 3.05) is 11.6 Å². The van der Waals surface area contributed by atoms with Crippen LogP contribution in [-0.4, -0.2) is 30.5 Å². The van der Waals surface area contributed by atoms with E-state index in [0.717, 1.165) is 6.26 Å². The Morgan fingerprint density at radius 2 is 1.90 bits per heavy atom. The minimum atomic E-state index is -3.71. The summed E-state index contributed by atoms with van der Waals surface area (Å²) in [7, 11) is -3.71. The van der Waals surface area contributed by atoms with Gasteiger partial charge >= 0.3 is 16.1 Å². The van der Waals surface area contributed by atoms with Crippen LogP contribution in [0.2, 0.25) is 0 Å². The van der Waals surface area contributed by atoms with E-state index in [2.05, 4.69) is 19.5 Å². The summed E-state index contributed by atoms with van der Waals surface area (Å²) in [5.41, 5.74) is 0.455. The lowest BCUT2D eigenvalue weighted by atomic mass is 10.2. The molecule has 1 aromatic heterocycles. The van der Waals surface area contributed by atoms with Gasteiger partial charge in [-0.25, -0.2) is 4.98 Å². The first-order valence-corrected chi connectivity index (χ1v) is 7.34. The second-order valence-corrected chi connectivity index (χ2v) is 5.41. The summed E-state index contributed by atoms with van der Waals surface area (Å²) >= 11 is 0. The van der Waals surface area contributed by atoms with Crippen molar-refractivity contribution >= 4 is 21.8 Å². The van der Waals surface area contributed by atoms with Gasteiger partial charge in [0.15, 0.2) is 0 Å². The third kappa shape index (κ3) is 4.02. The van der Waals surface area contributed by atoms with Crippen LogP contribution in [0.25, 0.3) is 0 Å². The Kier molecular flexibility index (Phi) is 3.94. The summed E-state index contributed by atoms with van der Waals surface area (Å²) in [5.74, 6) is -0.220. The molecule has 1 heterocycles.